The van der Waals surface area contributed by atoms with Crippen molar-refractivity contribution in [3.63, 3.8) is 0 Å². The number of hydrogen-bond donors (Lipinski definition) is 1. The molecule has 2 heterocycles. The highest BCUT2D eigenvalue weighted by Crippen LogP contribution is 2.26. The molecule has 2 fully saturated rings. The fourth-order valence-corrected chi connectivity index (χ4v) is 3.60. The molecular weight excluding hydrogens is 342 g/mol. The van der Waals surface area contributed by atoms with Gasteiger partial charge < -0.3 is 10.5 Å². The van der Waals surface area contributed by atoms with Gasteiger partial charge in [0.1, 0.15) is 11.6 Å². The summed E-state index contributed by atoms with van der Waals surface area (Å²) in [5.41, 5.74) is 6.18. The Hall–Kier alpha value is -0.560. The highest BCUT2D eigenvalue weighted by atomic mass is 79.9. The van der Waals surface area contributed by atoms with Crippen molar-refractivity contribution in [1.29, 1.82) is 0 Å². The second-order valence-electron chi connectivity index (χ2n) is 5.85. The number of morpholine rings is 1. The Morgan fingerprint density at radius 2 is 2.24 bits per heavy atom. The normalized spacial score (nSPS) is 27.6. The Bertz CT molecular complexity index is 529. The lowest BCUT2D eigenvalue weighted by Crippen LogP contribution is -2.53. The molecule has 3 rings (SSSR count). The molecule has 0 radical (unpaired) electrons. The molecule has 21 heavy (non-hydrogen) atoms. The van der Waals surface area contributed by atoms with Crippen LogP contribution in [0.1, 0.15) is 18.4 Å². The van der Waals surface area contributed by atoms with E-state index in [-0.39, 0.29) is 22.6 Å². The highest BCUT2D eigenvalue weighted by Gasteiger charge is 2.35. The summed E-state index contributed by atoms with van der Waals surface area (Å²) in [5, 5.41) is 0. The second kappa shape index (κ2) is 6.28. The Labute approximate surface area is 131 Å². The third kappa shape index (κ3) is 3.13. The molecule has 0 amide bonds. The lowest BCUT2D eigenvalue weighted by Gasteiger charge is -2.37. The van der Waals surface area contributed by atoms with Gasteiger partial charge in [0.2, 0.25) is 0 Å². The van der Waals surface area contributed by atoms with Crippen LogP contribution in [0, 0.1) is 11.6 Å². The van der Waals surface area contributed by atoms with E-state index in [4.69, 9.17) is 10.5 Å². The zero-order valence-electron chi connectivity index (χ0n) is 11.7. The van der Waals surface area contributed by atoms with E-state index in [1.807, 2.05) is 0 Å². The van der Waals surface area contributed by atoms with E-state index < -0.39 is 17.7 Å². The van der Waals surface area contributed by atoms with Gasteiger partial charge in [0.25, 0.3) is 0 Å². The molecule has 2 saturated heterocycles. The van der Waals surface area contributed by atoms with Gasteiger partial charge in [0.15, 0.2) is 0 Å². The van der Waals surface area contributed by atoms with Crippen LogP contribution in [0.3, 0.4) is 0 Å². The van der Waals surface area contributed by atoms with E-state index in [1.54, 1.807) is 0 Å². The minimum absolute atomic E-state index is 0.0315. The monoisotopic (exact) mass is 360 g/mol. The molecule has 6 heteroatoms. The quantitative estimate of drug-likeness (QED) is 0.841. The van der Waals surface area contributed by atoms with Gasteiger partial charge >= 0.3 is 0 Å². The molecular formula is C15H19BrF2N2O. The zero-order valence-corrected chi connectivity index (χ0v) is 13.3. The Balaban J connectivity index is 1.69. The van der Waals surface area contributed by atoms with Crippen LogP contribution in [0.4, 0.5) is 8.78 Å². The summed E-state index contributed by atoms with van der Waals surface area (Å²) in [5.74, 6) is -1.12. The van der Waals surface area contributed by atoms with E-state index in [2.05, 4.69) is 20.8 Å². The zero-order chi connectivity index (χ0) is 15.0. The van der Waals surface area contributed by atoms with Crippen molar-refractivity contribution in [1.82, 2.24) is 4.90 Å². The number of ether oxygens (including phenoxy) is 1. The van der Waals surface area contributed by atoms with Crippen molar-refractivity contribution in [3.8, 4) is 0 Å². The summed E-state index contributed by atoms with van der Waals surface area (Å²) in [6, 6.07) is 2.71. The first kappa shape index (κ1) is 15.3. The molecule has 0 aliphatic carbocycles. The third-order valence-corrected chi connectivity index (χ3v) is 5.08. The maximum atomic E-state index is 14.0. The number of nitrogens with zero attached hydrogens (tertiary/aromatic N) is 1. The van der Waals surface area contributed by atoms with Crippen molar-refractivity contribution < 1.29 is 13.5 Å². The summed E-state index contributed by atoms with van der Waals surface area (Å²) >= 11 is 3.08. The van der Waals surface area contributed by atoms with Gasteiger partial charge in [-0.1, -0.05) is 0 Å². The molecule has 3 atom stereocenters. The van der Waals surface area contributed by atoms with Gasteiger partial charge in [-0.2, -0.15) is 0 Å². The number of hydrogen-bond acceptors (Lipinski definition) is 3. The minimum Gasteiger partial charge on any atom is -0.374 e. The average molecular weight is 361 g/mol. The number of fused-ring (bicyclic) bond motifs is 1. The SMILES string of the molecule is NC(Cc1c(F)ccc(Br)c1F)C1CN2CCCC2CO1. The molecule has 3 unspecified atom stereocenters. The van der Waals surface area contributed by atoms with Crippen molar-refractivity contribution in [2.75, 3.05) is 19.7 Å². The molecule has 116 valence electrons. The van der Waals surface area contributed by atoms with E-state index in [9.17, 15) is 8.78 Å². The van der Waals surface area contributed by atoms with E-state index >= 15 is 0 Å². The molecule has 0 saturated carbocycles. The van der Waals surface area contributed by atoms with Crippen molar-refractivity contribution >= 4 is 15.9 Å². The van der Waals surface area contributed by atoms with Gasteiger partial charge in [0, 0.05) is 24.2 Å². The molecule has 1 aromatic carbocycles. The molecule has 0 bridgehead atoms. The van der Waals surface area contributed by atoms with Crippen LogP contribution in [0.15, 0.2) is 16.6 Å². The molecule has 2 N–H and O–H groups in total. The first-order chi connectivity index (χ1) is 10.1. The Morgan fingerprint density at radius 1 is 1.43 bits per heavy atom. The van der Waals surface area contributed by atoms with Gasteiger partial charge in [-0.15, -0.1) is 0 Å². The standard InChI is InChI=1S/C15H19BrF2N2O/c16-11-3-4-12(17)10(15(11)18)6-13(19)14-7-20-5-1-2-9(20)8-21-14/h3-4,9,13-14H,1-2,5-8,19H2. The largest absolute Gasteiger partial charge is 0.374 e. The maximum absolute atomic E-state index is 14.0. The fraction of sp³-hybridized carbons (Fsp3) is 0.600. The summed E-state index contributed by atoms with van der Waals surface area (Å²) < 4.78 is 33.9. The molecule has 0 aromatic heterocycles. The maximum Gasteiger partial charge on any atom is 0.143 e. The predicted molar refractivity (Wildman–Crippen MR) is 80.1 cm³/mol. The third-order valence-electron chi connectivity index (χ3n) is 4.47. The average Bonchev–Trinajstić information content (AvgIpc) is 2.94. The summed E-state index contributed by atoms with van der Waals surface area (Å²) in [4.78, 5) is 2.38. The highest BCUT2D eigenvalue weighted by molar-refractivity contribution is 9.10. The number of halogens is 3. The molecule has 2 aliphatic heterocycles. The first-order valence-corrected chi connectivity index (χ1v) is 8.09. The lowest BCUT2D eigenvalue weighted by atomic mass is 9.99. The lowest BCUT2D eigenvalue weighted by molar-refractivity contribution is -0.0591. The van der Waals surface area contributed by atoms with Crippen LogP contribution in [-0.4, -0.2) is 42.8 Å². The Morgan fingerprint density at radius 3 is 3.05 bits per heavy atom. The van der Waals surface area contributed by atoms with Gasteiger partial charge in [-0.05, 0) is 53.9 Å². The first-order valence-electron chi connectivity index (χ1n) is 7.30. The van der Waals surface area contributed by atoms with Gasteiger partial charge in [-0.3, -0.25) is 4.90 Å². The molecule has 3 nitrogen and oxygen atoms in total. The van der Waals surface area contributed by atoms with E-state index in [0.29, 0.717) is 12.6 Å². The number of rotatable bonds is 3. The van der Waals surface area contributed by atoms with Crippen molar-refractivity contribution in [2.24, 2.45) is 5.73 Å². The topological polar surface area (TPSA) is 38.5 Å². The predicted octanol–water partition coefficient (Wildman–Crippen LogP) is 2.46. The van der Waals surface area contributed by atoms with Crippen molar-refractivity contribution in [2.45, 2.75) is 37.5 Å². The summed E-state index contributed by atoms with van der Waals surface area (Å²) in [6.45, 7) is 2.49. The Kier molecular flexibility index (Phi) is 4.59. The number of benzene rings is 1. The number of nitrogens with two attached hydrogens (primary N) is 1. The van der Waals surface area contributed by atoms with Gasteiger partial charge in [-0.25, -0.2) is 8.78 Å². The van der Waals surface area contributed by atoms with Crippen LogP contribution in [-0.2, 0) is 11.2 Å². The van der Waals surface area contributed by atoms with Crippen LogP contribution in [0.5, 0.6) is 0 Å². The smallest absolute Gasteiger partial charge is 0.143 e. The summed E-state index contributed by atoms with van der Waals surface area (Å²) in [7, 11) is 0. The fourth-order valence-electron chi connectivity index (χ4n) is 3.23. The molecule has 0 spiro atoms. The molecule has 2 aliphatic rings. The second-order valence-corrected chi connectivity index (χ2v) is 6.71. The van der Waals surface area contributed by atoms with E-state index in [0.717, 1.165) is 19.5 Å². The molecule has 1 aromatic rings. The van der Waals surface area contributed by atoms with Crippen molar-refractivity contribution in [3.05, 3.63) is 33.8 Å². The van der Waals surface area contributed by atoms with Crippen LogP contribution in [0.25, 0.3) is 0 Å². The summed E-state index contributed by atoms with van der Waals surface area (Å²) in [6.07, 6.45) is 2.32. The van der Waals surface area contributed by atoms with Crippen LogP contribution in [0.2, 0.25) is 0 Å². The van der Waals surface area contributed by atoms with E-state index in [1.165, 1.54) is 18.6 Å². The minimum atomic E-state index is -0.569. The van der Waals surface area contributed by atoms with Gasteiger partial charge in [0.05, 0.1) is 17.2 Å². The van der Waals surface area contributed by atoms with Crippen LogP contribution < -0.4 is 5.73 Å². The van der Waals surface area contributed by atoms with Crippen LogP contribution >= 0.6 is 15.9 Å².